The van der Waals surface area contributed by atoms with E-state index in [-0.39, 0.29) is 12.3 Å². The van der Waals surface area contributed by atoms with Gasteiger partial charge in [0.05, 0.1) is 17.7 Å². The van der Waals surface area contributed by atoms with Crippen LogP contribution in [0.15, 0.2) is 54.6 Å². The van der Waals surface area contributed by atoms with E-state index >= 15 is 0 Å². The Hall–Kier alpha value is -2.71. The number of fused-ring (bicyclic) bond motifs is 1. The highest BCUT2D eigenvalue weighted by molar-refractivity contribution is 7.15. The molecule has 0 radical (unpaired) electrons. The molecule has 0 bridgehead atoms. The molecule has 4 rings (SSSR count). The fraction of sp³-hybridized carbons (Fsp3) is 0.273. The molecule has 2 heterocycles. The number of benzene rings is 2. The average molecular weight is 431 g/mol. The van der Waals surface area contributed by atoms with Crippen LogP contribution < -0.4 is 5.32 Å². The van der Waals surface area contributed by atoms with Gasteiger partial charge in [0.25, 0.3) is 0 Å². The number of carbonyl (C=O) groups is 1. The molecular weight excluding hydrogens is 411 g/mol. The van der Waals surface area contributed by atoms with Gasteiger partial charge in [-0.1, -0.05) is 48.5 Å². The van der Waals surface area contributed by atoms with Gasteiger partial charge in [-0.05, 0) is 17.2 Å². The molecule has 1 aliphatic heterocycles. The predicted octanol–water partition coefficient (Wildman–Crippen LogP) is 4.90. The SMILES string of the molecule is O=C(Cc1cccc(C(F)(F)F)c1)Nc1nc2c(s1)CN(Cc1ccccc1)CC2. The lowest BCUT2D eigenvalue weighted by molar-refractivity contribution is -0.137. The maximum Gasteiger partial charge on any atom is 0.416 e. The highest BCUT2D eigenvalue weighted by Crippen LogP contribution is 2.31. The second kappa shape index (κ2) is 8.57. The first-order valence-electron chi connectivity index (χ1n) is 9.58. The van der Waals surface area contributed by atoms with E-state index in [1.54, 1.807) is 0 Å². The van der Waals surface area contributed by atoms with Gasteiger partial charge in [0.15, 0.2) is 5.13 Å². The molecule has 1 aromatic heterocycles. The first-order valence-corrected chi connectivity index (χ1v) is 10.4. The second-order valence-electron chi connectivity index (χ2n) is 7.26. The topological polar surface area (TPSA) is 45.2 Å². The van der Waals surface area contributed by atoms with Crippen molar-refractivity contribution >= 4 is 22.4 Å². The lowest BCUT2D eigenvalue weighted by Gasteiger charge is -2.25. The largest absolute Gasteiger partial charge is 0.416 e. The Kier molecular flexibility index (Phi) is 5.87. The fourth-order valence-corrected chi connectivity index (χ4v) is 4.55. The van der Waals surface area contributed by atoms with Crippen LogP contribution in [0.25, 0.3) is 0 Å². The highest BCUT2D eigenvalue weighted by atomic mass is 32.1. The Balaban J connectivity index is 1.37. The summed E-state index contributed by atoms with van der Waals surface area (Å²) in [4.78, 5) is 20.3. The van der Waals surface area contributed by atoms with Crippen LogP contribution in [0, 0.1) is 0 Å². The smallest absolute Gasteiger partial charge is 0.302 e. The molecule has 1 N–H and O–H groups in total. The lowest BCUT2D eigenvalue weighted by atomic mass is 10.1. The van der Waals surface area contributed by atoms with Crippen molar-refractivity contribution in [3.05, 3.63) is 81.9 Å². The maximum atomic E-state index is 12.8. The van der Waals surface area contributed by atoms with Crippen LogP contribution in [0.5, 0.6) is 0 Å². The third-order valence-electron chi connectivity index (χ3n) is 4.92. The Morgan fingerprint density at radius 2 is 1.87 bits per heavy atom. The van der Waals surface area contributed by atoms with E-state index in [1.807, 2.05) is 18.2 Å². The minimum Gasteiger partial charge on any atom is -0.302 e. The standard InChI is InChI=1S/C22H20F3N3OS/c23-22(24,25)17-8-4-7-16(11-17)12-20(29)27-21-26-18-9-10-28(14-19(18)30-21)13-15-5-2-1-3-6-15/h1-8,11H,9-10,12-14H2,(H,26,27,29). The molecule has 0 saturated heterocycles. The molecule has 8 heteroatoms. The summed E-state index contributed by atoms with van der Waals surface area (Å²) in [5, 5.41) is 3.24. The number of rotatable bonds is 5. The number of halogens is 3. The van der Waals surface area contributed by atoms with Gasteiger partial charge in [0.2, 0.25) is 5.91 Å². The van der Waals surface area contributed by atoms with Crippen molar-refractivity contribution in [2.24, 2.45) is 0 Å². The number of thiazole rings is 1. The van der Waals surface area contributed by atoms with E-state index in [9.17, 15) is 18.0 Å². The average Bonchev–Trinajstić information content (AvgIpc) is 3.09. The van der Waals surface area contributed by atoms with Crippen LogP contribution in [0.2, 0.25) is 0 Å². The summed E-state index contributed by atoms with van der Waals surface area (Å²) in [7, 11) is 0. The number of aromatic nitrogens is 1. The maximum absolute atomic E-state index is 12.8. The van der Waals surface area contributed by atoms with Gasteiger partial charge in [0, 0.05) is 30.9 Å². The molecule has 0 saturated carbocycles. The first-order chi connectivity index (χ1) is 14.4. The Bertz CT molecular complexity index is 1030. The van der Waals surface area contributed by atoms with Crippen molar-refractivity contribution in [3.63, 3.8) is 0 Å². The highest BCUT2D eigenvalue weighted by Gasteiger charge is 2.30. The number of nitrogens with zero attached hydrogens (tertiary/aromatic N) is 2. The van der Waals surface area contributed by atoms with Crippen LogP contribution in [-0.2, 0) is 36.9 Å². The molecule has 0 aliphatic carbocycles. The zero-order chi connectivity index (χ0) is 21.1. The second-order valence-corrected chi connectivity index (χ2v) is 8.34. The normalized spacial score (nSPS) is 14.4. The lowest BCUT2D eigenvalue weighted by Crippen LogP contribution is -2.29. The summed E-state index contributed by atoms with van der Waals surface area (Å²) in [6.45, 7) is 2.52. The third-order valence-corrected chi connectivity index (χ3v) is 5.92. The molecule has 1 aliphatic rings. The van der Waals surface area contributed by atoms with E-state index < -0.39 is 11.7 Å². The molecule has 1 amide bonds. The zero-order valence-corrected chi connectivity index (χ0v) is 16.9. The molecule has 0 fully saturated rings. The van der Waals surface area contributed by atoms with Crippen LogP contribution in [0.1, 0.15) is 27.3 Å². The molecule has 0 spiro atoms. The summed E-state index contributed by atoms with van der Waals surface area (Å²) in [5.74, 6) is -0.374. The number of alkyl halides is 3. The quantitative estimate of drug-likeness (QED) is 0.625. The van der Waals surface area contributed by atoms with Crippen molar-refractivity contribution in [1.29, 1.82) is 0 Å². The molecule has 4 nitrogen and oxygen atoms in total. The number of carbonyl (C=O) groups excluding carboxylic acids is 1. The van der Waals surface area contributed by atoms with Gasteiger partial charge in [-0.15, -0.1) is 11.3 Å². The van der Waals surface area contributed by atoms with E-state index in [2.05, 4.69) is 27.3 Å². The number of anilines is 1. The number of amides is 1. The van der Waals surface area contributed by atoms with Gasteiger partial charge < -0.3 is 5.32 Å². The van der Waals surface area contributed by atoms with E-state index in [0.29, 0.717) is 10.7 Å². The summed E-state index contributed by atoms with van der Waals surface area (Å²) >= 11 is 1.43. The summed E-state index contributed by atoms with van der Waals surface area (Å²) in [6, 6.07) is 15.1. The Morgan fingerprint density at radius 3 is 2.63 bits per heavy atom. The van der Waals surface area contributed by atoms with Crippen molar-refractivity contribution in [2.45, 2.75) is 32.1 Å². The predicted molar refractivity (Wildman–Crippen MR) is 110 cm³/mol. The summed E-state index contributed by atoms with van der Waals surface area (Å²) in [6.07, 6.45) is -3.75. The van der Waals surface area contributed by atoms with Gasteiger partial charge in [0.1, 0.15) is 0 Å². The number of hydrogen-bond donors (Lipinski definition) is 1. The van der Waals surface area contributed by atoms with E-state index in [1.165, 1.54) is 29.0 Å². The summed E-state index contributed by atoms with van der Waals surface area (Å²) in [5.41, 5.74) is 1.80. The van der Waals surface area contributed by atoms with Crippen molar-refractivity contribution in [1.82, 2.24) is 9.88 Å². The van der Waals surface area contributed by atoms with Crippen LogP contribution in [0.3, 0.4) is 0 Å². The van der Waals surface area contributed by atoms with E-state index in [0.717, 1.165) is 48.8 Å². The number of nitrogens with one attached hydrogen (secondary N) is 1. The monoisotopic (exact) mass is 431 g/mol. The van der Waals surface area contributed by atoms with Gasteiger partial charge >= 0.3 is 6.18 Å². The molecule has 2 aromatic carbocycles. The van der Waals surface area contributed by atoms with Crippen molar-refractivity contribution in [3.8, 4) is 0 Å². The Morgan fingerprint density at radius 1 is 1.10 bits per heavy atom. The van der Waals surface area contributed by atoms with Crippen LogP contribution >= 0.6 is 11.3 Å². The molecule has 30 heavy (non-hydrogen) atoms. The first kappa shape index (κ1) is 20.6. The van der Waals surface area contributed by atoms with Crippen molar-refractivity contribution in [2.75, 3.05) is 11.9 Å². The van der Waals surface area contributed by atoms with Gasteiger partial charge in [-0.2, -0.15) is 13.2 Å². The number of hydrogen-bond acceptors (Lipinski definition) is 4. The molecule has 156 valence electrons. The van der Waals surface area contributed by atoms with Gasteiger partial charge in [-0.3, -0.25) is 9.69 Å². The Labute approximate surface area is 176 Å². The van der Waals surface area contributed by atoms with Crippen LogP contribution in [-0.4, -0.2) is 22.3 Å². The molecule has 3 aromatic rings. The molecule has 0 atom stereocenters. The van der Waals surface area contributed by atoms with Crippen LogP contribution in [0.4, 0.5) is 18.3 Å². The van der Waals surface area contributed by atoms with E-state index in [4.69, 9.17) is 0 Å². The minimum atomic E-state index is -4.42. The summed E-state index contributed by atoms with van der Waals surface area (Å²) < 4.78 is 38.5. The fourth-order valence-electron chi connectivity index (χ4n) is 3.48. The van der Waals surface area contributed by atoms with Crippen molar-refractivity contribution < 1.29 is 18.0 Å². The third kappa shape index (κ3) is 5.06. The molecule has 0 unspecified atom stereocenters. The molecular formula is C22H20F3N3OS. The van der Waals surface area contributed by atoms with Gasteiger partial charge in [-0.25, -0.2) is 4.98 Å². The minimum absolute atomic E-state index is 0.131. The zero-order valence-electron chi connectivity index (χ0n) is 16.1.